The Morgan fingerprint density at radius 3 is 2.55 bits per heavy atom. The van der Waals surface area contributed by atoms with Gasteiger partial charge in [0.15, 0.2) is 13.0 Å². The number of methoxy groups -OCH3 is 1. The molecule has 1 unspecified atom stereocenters. The molecule has 29 heavy (non-hydrogen) atoms. The standard InChI is InChI=1S/C22H32N4O3/c1-16(2)11-19-9-10-20(12-21(19)27-4)24-22-25(14-28-29-15-26(22)23)13-18-7-5-17(3)6-8-18/h5-10,12,16,22,24H,11,13-15,23H2,1-4H3. The van der Waals surface area contributed by atoms with E-state index in [1.165, 1.54) is 16.7 Å². The summed E-state index contributed by atoms with van der Waals surface area (Å²) in [5, 5.41) is 5.07. The monoisotopic (exact) mass is 400 g/mol. The molecule has 1 fully saturated rings. The van der Waals surface area contributed by atoms with Crippen molar-refractivity contribution in [3.8, 4) is 5.75 Å². The van der Waals surface area contributed by atoms with Crippen LogP contribution in [0, 0.1) is 12.8 Å². The lowest BCUT2D eigenvalue weighted by molar-refractivity contribution is -0.314. The highest BCUT2D eigenvalue weighted by Gasteiger charge is 2.27. The third kappa shape index (κ3) is 5.91. The van der Waals surface area contributed by atoms with E-state index in [-0.39, 0.29) is 13.0 Å². The first-order valence-corrected chi connectivity index (χ1v) is 9.95. The predicted octanol–water partition coefficient (Wildman–Crippen LogP) is 3.45. The normalized spacial score (nSPS) is 18.6. The molecule has 1 saturated heterocycles. The molecule has 158 valence electrons. The second-order valence-corrected chi connectivity index (χ2v) is 7.88. The van der Waals surface area contributed by atoms with Crippen molar-refractivity contribution in [2.45, 2.75) is 40.0 Å². The molecule has 0 aliphatic carbocycles. The highest BCUT2D eigenvalue weighted by molar-refractivity contribution is 5.52. The number of anilines is 1. The van der Waals surface area contributed by atoms with Crippen LogP contribution in [0.3, 0.4) is 0 Å². The van der Waals surface area contributed by atoms with E-state index in [1.54, 1.807) is 12.1 Å². The van der Waals surface area contributed by atoms with Crippen molar-refractivity contribution in [1.29, 1.82) is 0 Å². The van der Waals surface area contributed by atoms with Crippen LogP contribution in [0.4, 0.5) is 5.69 Å². The maximum absolute atomic E-state index is 6.25. The number of aryl methyl sites for hydroxylation is 1. The molecular formula is C22H32N4O3. The Hall–Kier alpha value is -2.16. The van der Waals surface area contributed by atoms with Gasteiger partial charge in [0.1, 0.15) is 12.5 Å². The van der Waals surface area contributed by atoms with E-state index in [9.17, 15) is 0 Å². The zero-order valence-electron chi connectivity index (χ0n) is 17.7. The van der Waals surface area contributed by atoms with E-state index in [1.807, 2.05) is 6.07 Å². The topological polar surface area (TPSA) is 72.2 Å². The molecule has 0 amide bonds. The van der Waals surface area contributed by atoms with E-state index in [2.05, 4.69) is 67.4 Å². The molecule has 0 saturated carbocycles. The van der Waals surface area contributed by atoms with Gasteiger partial charge in [-0.1, -0.05) is 49.7 Å². The summed E-state index contributed by atoms with van der Waals surface area (Å²) in [5.74, 6) is 7.69. The van der Waals surface area contributed by atoms with Crippen LogP contribution in [0.15, 0.2) is 42.5 Å². The molecule has 1 aliphatic rings. The lowest BCUT2D eigenvalue weighted by Gasteiger charge is -2.34. The molecule has 7 nitrogen and oxygen atoms in total. The van der Waals surface area contributed by atoms with Crippen LogP contribution in [0.5, 0.6) is 5.75 Å². The fraction of sp³-hybridized carbons (Fsp3) is 0.455. The Kier molecular flexibility index (Phi) is 7.46. The Labute approximate surface area is 173 Å². The summed E-state index contributed by atoms with van der Waals surface area (Å²) < 4.78 is 5.61. The van der Waals surface area contributed by atoms with Gasteiger partial charge in [-0.05, 0) is 36.5 Å². The summed E-state index contributed by atoms with van der Waals surface area (Å²) in [7, 11) is 1.70. The van der Waals surface area contributed by atoms with Crippen LogP contribution in [0.25, 0.3) is 0 Å². The summed E-state index contributed by atoms with van der Waals surface area (Å²) in [6, 6.07) is 14.6. The second-order valence-electron chi connectivity index (χ2n) is 7.88. The van der Waals surface area contributed by atoms with E-state index >= 15 is 0 Å². The summed E-state index contributed by atoms with van der Waals surface area (Å²) in [5.41, 5.74) is 4.52. The average molecular weight is 401 g/mol. The van der Waals surface area contributed by atoms with Gasteiger partial charge in [0.2, 0.25) is 0 Å². The Bertz CT molecular complexity index is 782. The highest BCUT2D eigenvalue weighted by Crippen LogP contribution is 2.27. The van der Waals surface area contributed by atoms with Crippen molar-refractivity contribution in [3.05, 3.63) is 59.2 Å². The van der Waals surface area contributed by atoms with Gasteiger partial charge in [0.05, 0.1) is 7.11 Å². The number of hydrogen-bond acceptors (Lipinski definition) is 7. The Morgan fingerprint density at radius 2 is 1.86 bits per heavy atom. The van der Waals surface area contributed by atoms with Crippen molar-refractivity contribution in [1.82, 2.24) is 9.91 Å². The minimum atomic E-state index is -0.306. The molecule has 1 heterocycles. The largest absolute Gasteiger partial charge is 0.496 e. The summed E-state index contributed by atoms with van der Waals surface area (Å²) in [4.78, 5) is 12.5. The molecule has 7 heteroatoms. The van der Waals surface area contributed by atoms with Crippen LogP contribution in [-0.4, -0.2) is 36.8 Å². The van der Waals surface area contributed by atoms with Gasteiger partial charge in [-0.15, -0.1) is 0 Å². The molecule has 1 atom stereocenters. The molecule has 0 bridgehead atoms. The predicted molar refractivity (Wildman–Crippen MR) is 114 cm³/mol. The average Bonchev–Trinajstić information content (AvgIpc) is 2.86. The van der Waals surface area contributed by atoms with E-state index in [4.69, 9.17) is 20.4 Å². The molecule has 0 spiro atoms. The lowest BCUT2D eigenvalue weighted by atomic mass is 10.0. The number of hydrogen-bond donors (Lipinski definition) is 2. The smallest absolute Gasteiger partial charge is 0.154 e. The lowest BCUT2D eigenvalue weighted by Crippen LogP contribution is -2.55. The quantitative estimate of drug-likeness (QED) is 0.545. The number of benzene rings is 2. The zero-order valence-corrected chi connectivity index (χ0v) is 17.7. The van der Waals surface area contributed by atoms with Gasteiger partial charge in [-0.2, -0.15) is 5.01 Å². The van der Waals surface area contributed by atoms with Crippen LogP contribution < -0.4 is 15.9 Å². The maximum atomic E-state index is 6.25. The van der Waals surface area contributed by atoms with Crippen molar-refractivity contribution in [2.24, 2.45) is 11.8 Å². The second kappa shape index (κ2) is 10.0. The summed E-state index contributed by atoms with van der Waals surface area (Å²) >= 11 is 0. The van der Waals surface area contributed by atoms with Crippen molar-refractivity contribution in [2.75, 3.05) is 25.9 Å². The van der Waals surface area contributed by atoms with Gasteiger partial charge < -0.3 is 10.1 Å². The van der Waals surface area contributed by atoms with Gasteiger partial charge in [-0.3, -0.25) is 5.84 Å². The third-order valence-electron chi connectivity index (χ3n) is 4.88. The van der Waals surface area contributed by atoms with Crippen LogP contribution in [0.2, 0.25) is 0 Å². The molecule has 1 aliphatic heterocycles. The molecule has 0 aromatic heterocycles. The van der Waals surface area contributed by atoms with Gasteiger partial charge in [-0.25, -0.2) is 14.7 Å². The van der Waals surface area contributed by atoms with Crippen molar-refractivity contribution >= 4 is 5.69 Å². The number of ether oxygens (including phenoxy) is 1. The fourth-order valence-electron chi connectivity index (χ4n) is 3.38. The molecule has 2 aromatic rings. The van der Waals surface area contributed by atoms with E-state index < -0.39 is 0 Å². The Balaban J connectivity index is 1.79. The van der Waals surface area contributed by atoms with E-state index in [0.717, 1.165) is 17.9 Å². The van der Waals surface area contributed by atoms with Crippen molar-refractivity contribution < 1.29 is 14.5 Å². The first kappa shape index (κ1) is 21.5. The van der Waals surface area contributed by atoms with Crippen molar-refractivity contribution in [3.63, 3.8) is 0 Å². The third-order valence-corrected chi connectivity index (χ3v) is 4.88. The Morgan fingerprint density at radius 1 is 1.14 bits per heavy atom. The molecule has 0 radical (unpaired) electrons. The highest BCUT2D eigenvalue weighted by atomic mass is 17.2. The van der Waals surface area contributed by atoms with Gasteiger partial charge >= 0.3 is 0 Å². The maximum Gasteiger partial charge on any atom is 0.154 e. The molecular weight excluding hydrogens is 368 g/mol. The SMILES string of the molecule is COc1cc(NC2N(N)COOCN2Cc2ccc(C)cc2)ccc1CC(C)C. The number of hydrazine groups is 1. The fourth-order valence-corrected chi connectivity index (χ4v) is 3.38. The zero-order chi connectivity index (χ0) is 20.8. The molecule has 2 aromatic carbocycles. The summed E-state index contributed by atoms with van der Waals surface area (Å²) in [6.07, 6.45) is 0.663. The molecule has 3 N–H and O–H groups in total. The number of rotatable bonds is 7. The minimum absolute atomic E-state index is 0.157. The number of nitrogens with one attached hydrogen (secondary N) is 1. The van der Waals surface area contributed by atoms with Crippen LogP contribution >= 0.6 is 0 Å². The summed E-state index contributed by atoms with van der Waals surface area (Å²) in [6.45, 7) is 7.59. The first-order valence-electron chi connectivity index (χ1n) is 9.95. The van der Waals surface area contributed by atoms with Gasteiger partial charge in [0, 0.05) is 18.3 Å². The van der Waals surface area contributed by atoms with Crippen LogP contribution in [-0.2, 0) is 22.7 Å². The van der Waals surface area contributed by atoms with Crippen LogP contribution in [0.1, 0.15) is 30.5 Å². The minimum Gasteiger partial charge on any atom is -0.496 e. The van der Waals surface area contributed by atoms with E-state index in [0.29, 0.717) is 19.2 Å². The number of nitrogens with two attached hydrogens (primary N) is 1. The number of nitrogens with zero attached hydrogens (tertiary/aromatic N) is 2. The molecule has 3 rings (SSSR count). The first-order chi connectivity index (χ1) is 14.0. The van der Waals surface area contributed by atoms with Gasteiger partial charge in [0.25, 0.3) is 0 Å².